The summed E-state index contributed by atoms with van der Waals surface area (Å²) in [5, 5.41) is 0. The molecule has 0 bridgehead atoms. The van der Waals surface area contributed by atoms with Gasteiger partial charge in [-0.1, -0.05) is 15.9 Å². The number of esters is 1. The molecule has 3 nitrogen and oxygen atoms in total. The molecule has 0 aliphatic carbocycles. The van der Waals surface area contributed by atoms with Crippen molar-refractivity contribution >= 4 is 21.9 Å². The van der Waals surface area contributed by atoms with Crippen molar-refractivity contribution in [3.05, 3.63) is 28.7 Å². The van der Waals surface area contributed by atoms with Gasteiger partial charge in [-0.25, -0.2) is 4.79 Å². The summed E-state index contributed by atoms with van der Waals surface area (Å²) in [5.41, 5.74) is 0. The molecule has 1 rings (SSSR count). The monoisotopic (exact) mass is 312 g/mol. The molecular weight excluding hydrogens is 305 g/mol. The maximum Gasteiger partial charge on any atom is 0.490 e. The minimum absolute atomic E-state index is 0.135. The van der Waals surface area contributed by atoms with E-state index in [4.69, 9.17) is 4.74 Å². The summed E-state index contributed by atoms with van der Waals surface area (Å²) in [6.07, 6.45) is -4.96. The van der Waals surface area contributed by atoms with Gasteiger partial charge in [0.1, 0.15) is 19.0 Å². The Morgan fingerprint density at radius 3 is 2.29 bits per heavy atom. The first-order chi connectivity index (χ1) is 7.89. The fourth-order valence-corrected chi connectivity index (χ4v) is 1.17. The average Bonchev–Trinajstić information content (AvgIpc) is 2.25. The van der Waals surface area contributed by atoms with E-state index in [1.165, 1.54) is 0 Å². The highest BCUT2D eigenvalue weighted by Gasteiger charge is 2.40. The molecular formula is C10H8BrF3O3. The molecule has 0 heterocycles. The summed E-state index contributed by atoms with van der Waals surface area (Å²) >= 11 is 3.22. The normalized spacial score (nSPS) is 11.1. The van der Waals surface area contributed by atoms with Crippen LogP contribution >= 0.6 is 15.9 Å². The molecule has 17 heavy (non-hydrogen) atoms. The Kier molecular flexibility index (Phi) is 4.80. The third-order valence-electron chi connectivity index (χ3n) is 1.63. The zero-order valence-corrected chi connectivity index (χ0v) is 10.0. The summed E-state index contributed by atoms with van der Waals surface area (Å²) in [7, 11) is 0. The van der Waals surface area contributed by atoms with Crippen molar-refractivity contribution in [2.24, 2.45) is 0 Å². The maximum atomic E-state index is 11.7. The standard InChI is InChI=1S/C10H8BrF3O3/c11-7-1-3-8(4-2-7)16-5-6-17-9(15)10(12,13)14/h1-4H,5-6H2. The predicted octanol–water partition coefficient (Wildman–Crippen LogP) is 2.93. The van der Waals surface area contributed by atoms with Gasteiger partial charge >= 0.3 is 12.1 Å². The van der Waals surface area contributed by atoms with Crippen LogP contribution in [0.4, 0.5) is 13.2 Å². The van der Waals surface area contributed by atoms with E-state index in [-0.39, 0.29) is 6.61 Å². The van der Waals surface area contributed by atoms with E-state index in [9.17, 15) is 18.0 Å². The van der Waals surface area contributed by atoms with E-state index < -0.39 is 18.8 Å². The molecule has 7 heteroatoms. The lowest BCUT2D eigenvalue weighted by atomic mass is 10.3. The highest BCUT2D eigenvalue weighted by molar-refractivity contribution is 9.10. The van der Waals surface area contributed by atoms with Crippen molar-refractivity contribution in [1.82, 2.24) is 0 Å². The largest absolute Gasteiger partial charge is 0.490 e. The van der Waals surface area contributed by atoms with Gasteiger partial charge in [-0.2, -0.15) is 13.2 Å². The highest BCUT2D eigenvalue weighted by atomic mass is 79.9. The zero-order valence-electron chi connectivity index (χ0n) is 8.46. The van der Waals surface area contributed by atoms with Crippen molar-refractivity contribution in [1.29, 1.82) is 0 Å². The summed E-state index contributed by atoms with van der Waals surface area (Å²) in [5.74, 6) is -1.73. The molecule has 1 aromatic carbocycles. The van der Waals surface area contributed by atoms with Crippen LogP contribution in [0, 0.1) is 0 Å². The number of rotatable bonds is 4. The predicted molar refractivity (Wildman–Crippen MR) is 56.7 cm³/mol. The van der Waals surface area contributed by atoms with Gasteiger partial charge in [-0.3, -0.25) is 0 Å². The third-order valence-corrected chi connectivity index (χ3v) is 2.16. The minimum Gasteiger partial charge on any atom is -0.490 e. The van der Waals surface area contributed by atoms with E-state index >= 15 is 0 Å². The molecule has 0 unspecified atom stereocenters. The lowest BCUT2D eigenvalue weighted by Gasteiger charge is -2.08. The van der Waals surface area contributed by atoms with Gasteiger partial charge in [0.2, 0.25) is 0 Å². The molecule has 94 valence electrons. The number of halogens is 4. The molecule has 0 aliphatic heterocycles. The van der Waals surface area contributed by atoms with Gasteiger partial charge in [0.05, 0.1) is 0 Å². The first-order valence-corrected chi connectivity index (χ1v) is 5.31. The van der Waals surface area contributed by atoms with Gasteiger partial charge in [0, 0.05) is 4.47 Å². The molecule has 0 aliphatic rings. The van der Waals surface area contributed by atoms with Crippen LogP contribution in [0.5, 0.6) is 5.75 Å². The second-order valence-electron chi connectivity index (χ2n) is 2.94. The lowest BCUT2D eigenvalue weighted by molar-refractivity contribution is -0.200. The number of hydrogen-bond donors (Lipinski definition) is 0. The number of ether oxygens (including phenoxy) is 2. The van der Waals surface area contributed by atoms with Crippen LogP contribution in [-0.4, -0.2) is 25.4 Å². The Hall–Kier alpha value is -1.24. The van der Waals surface area contributed by atoms with Crippen molar-refractivity contribution in [2.45, 2.75) is 6.18 Å². The second kappa shape index (κ2) is 5.90. The Labute approximate surface area is 104 Å². The van der Waals surface area contributed by atoms with Crippen LogP contribution in [0.2, 0.25) is 0 Å². The average molecular weight is 313 g/mol. The molecule has 0 saturated heterocycles. The molecule has 0 fully saturated rings. The molecule has 0 atom stereocenters. The van der Waals surface area contributed by atoms with E-state index in [1.54, 1.807) is 24.3 Å². The Morgan fingerprint density at radius 1 is 1.18 bits per heavy atom. The fraction of sp³-hybridized carbons (Fsp3) is 0.300. The van der Waals surface area contributed by atoms with Crippen LogP contribution < -0.4 is 4.74 Å². The van der Waals surface area contributed by atoms with Crippen molar-refractivity contribution < 1.29 is 27.4 Å². The molecule has 0 N–H and O–H groups in total. The number of benzene rings is 1. The van der Waals surface area contributed by atoms with E-state index in [1.807, 2.05) is 0 Å². The van der Waals surface area contributed by atoms with Gasteiger partial charge in [0.25, 0.3) is 0 Å². The molecule has 0 aromatic heterocycles. The number of hydrogen-bond acceptors (Lipinski definition) is 3. The molecule has 0 spiro atoms. The van der Waals surface area contributed by atoms with E-state index in [0.29, 0.717) is 5.75 Å². The number of carbonyl (C=O) groups is 1. The molecule has 0 radical (unpaired) electrons. The van der Waals surface area contributed by atoms with Gasteiger partial charge in [0.15, 0.2) is 0 Å². The zero-order chi connectivity index (χ0) is 12.9. The summed E-state index contributed by atoms with van der Waals surface area (Å²) in [6.45, 7) is -0.585. The SMILES string of the molecule is O=C(OCCOc1ccc(Br)cc1)C(F)(F)F. The quantitative estimate of drug-likeness (QED) is 0.633. The summed E-state index contributed by atoms with van der Waals surface area (Å²) in [6, 6.07) is 6.71. The second-order valence-corrected chi connectivity index (χ2v) is 3.85. The van der Waals surface area contributed by atoms with E-state index in [2.05, 4.69) is 20.7 Å². The number of carbonyl (C=O) groups excluding carboxylic acids is 1. The Balaban J connectivity index is 2.25. The Bertz CT molecular complexity index is 375. The molecule has 1 aromatic rings. The third kappa shape index (κ3) is 5.08. The van der Waals surface area contributed by atoms with Crippen LogP contribution in [0.25, 0.3) is 0 Å². The van der Waals surface area contributed by atoms with Crippen molar-refractivity contribution in [2.75, 3.05) is 13.2 Å². The summed E-state index contributed by atoms with van der Waals surface area (Å²) in [4.78, 5) is 10.3. The van der Waals surface area contributed by atoms with Crippen LogP contribution in [0.15, 0.2) is 28.7 Å². The molecule has 0 amide bonds. The van der Waals surface area contributed by atoms with Crippen LogP contribution in [-0.2, 0) is 9.53 Å². The number of alkyl halides is 3. The first kappa shape index (κ1) is 13.8. The smallest absolute Gasteiger partial charge is 0.490 e. The maximum absolute atomic E-state index is 11.7. The van der Waals surface area contributed by atoms with E-state index in [0.717, 1.165) is 4.47 Å². The van der Waals surface area contributed by atoms with Gasteiger partial charge in [-0.15, -0.1) is 0 Å². The minimum atomic E-state index is -4.96. The van der Waals surface area contributed by atoms with Crippen molar-refractivity contribution in [3.8, 4) is 5.75 Å². The van der Waals surface area contributed by atoms with Crippen molar-refractivity contribution in [3.63, 3.8) is 0 Å². The van der Waals surface area contributed by atoms with Gasteiger partial charge in [-0.05, 0) is 24.3 Å². The highest BCUT2D eigenvalue weighted by Crippen LogP contribution is 2.17. The van der Waals surface area contributed by atoms with Crippen LogP contribution in [0.1, 0.15) is 0 Å². The van der Waals surface area contributed by atoms with Crippen LogP contribution in [0.3, 0.4) is 0 Å². The topological polar surface area (TPSA) is 35.5 Å². The Morgan fingerprint density at radius 2 is 1.76 bits per heavy atom. The molecule has 0 saturated carbocycles. The fourth-order valence-electron chi connectivity index (χ4n) is 0.907. The lowest BCUT2D eigenvalue weighted by Crippen LogP contribution is -2.27. The van der Waals surface area contributed by atoms with Gasteiger partial charge < -0.3 is 9.47 Å². The first-order valence-electron chi connectivity index (χ1n) is 4.52. The summed E-state index contributed by atoms with van der Waals surface area (Å²) < 4.78 is 45.0.